The molecule has 0 amide bonds. The summed E-state index contributed by atoms with van der Waals surface area (Å²) in [4.78, 5) is 2.59. The summed E-state index contributed by atoms with van der Waals surface area (Å²) in [5.41, 5.74) is 1.22. The van der Waals surface area contributed by atoms with Gasteiger partial charge in [0.25, 0.3) is 0 Å². The topological polar surface area (TPSA) is 28.2 Å². The van der Waals surface area contributed by atoms with Gasteiger partial charge in [0.2, 0.25) is 0 Å². The van der Waals surface area contributed by atoms with Crippen molar-refractivity contribution in [3.63, 3.8) is 0 Å². The lowest BCUT2D eigenvalue weighted by atomic mass is 9.84. The summed E-state index contributed by atoms with van der Waals surface area (Å²) in [6.07, 6.45) is 2.74. The third-order valence-electron chi connectivity index (χ3n) is 4.64. The molecule has 5 rings (SSSR count). The summed E-state index contributed by atoms with van der Waals surface area (Å²) < 4.78 is 5.91. The second-order valence-electron chi connectivity index (χ2n) is 5.75. The standard InChI is InChI=1S/C15H19N3S/c1-2-4-15-12(3-1)13(17-19-15)9-16-14-10-18-7-5-11(14)6-8-18/h1-4,11,14,16H,5-10H2/t14-/m1/s1. The molecule has 1 N–H and O–H groups in total. The fraction of sp³-hybridized carbons (Fsp3) is 0.533. The zero-order chi connectivity index (χ0) is 12.7. The van der Waals surface area contributed by atoms with E-state index in [1.165, 1.54) is 48.3 Å². The molecular formula is C15H19N3S. The molecule has 1 aromatic carbocycles. The average Bonchev–Trinajstić information content (AvgIpc) is 2.90. The number of hydrogen-bond acceptors (Lipinski definition) is 4. The van der Waals surface area contributed by atoms with E-state index in [1.54, 1.807) is 11.5 Å². The molecule has 3 aliphatic heterocycles. The van der Waals surface area contributed by atoms with Gasteiger partial charge < -0.3 is 10.2 Å². The van der Waals surface area contributed by atoms with Gasteiger partial charge in [0.05, 0.1) is 10.4 Å². The van der Waals surface area contributed by atoms with Crippen molar-refractivity contribution in [1.82, 2.24) is 14.6 Å². The van der Waals surface area contributed by atoms with Crippen LogP contribution in [-0.4, -0.2) is 34.9 Å². The van der Waals surface area contributed by atoms with E-state index in [-0.39, 0.29) is 0 Å². The summed E-state index contributed by atoms with van der Waals surface area (Å²) in [7, 11) is 0. The lowest BCUT2D eigenvalue weighted by Crippen LogP contribution is -2.55. The van der Waals surface area contributed by atoms with E-state index >= 15 is 0 Å². The summed E-state index contributed by atoms with van der Waals surface area (Å²) in [6.45, 7) is 4.76. The van der Waals surface area contributed by atoms with Gasteiger partial charge in [-0.15, -0.1) is 0 Å². The molecule has 100 valence electrons. The van der Waals surface area contributed by atoms with Gasteiger partial charge in [-0.3, -0.25) is 0 Å². The van der Waals surface area contributed by atoms with Crippen molar-refractivity contribution in [3.05, 3.63) is 30.0 Å². The van der Waals surface area contributed by atoms with E-state index in [0.29, 0.717) is 6.04 Å². The van der Waals surface area contributed by atoms with Crippen molar-refractivity contribution < 1.29 is 0 Å². The predicted octanol–water partition coefficient (Wildman–Crippen LogP) is 2.48. The number of fused-ring (bicyclic) bond motifs is 4. The molecule has 3 aliphatic rings. The van der Waals surface area contributed by atoms with Crippen LogP contribution < -0.4 is 5.32 Å². The van der Waals surface area contributed by atoms with Crippen molar-refractivity contribution in [2.45, 2.75) is 25.4 Å². The fourth-order valence-electron chi connectivity index (χ4n) is 3.49. The van der Waals surface area contributed by atoms with Crippen molar-refractivity contribution in [2.24, 2.45) is 5.92 Å². The van der Waals surface area contributed by atoms with E-state index in [2.05, 4.69) is 38.9 Å². The van der Waals surface area contributed by atoms with Crippen LogP contribution in [-0.2, 0) is 6.54 Å². The lowest BCUT2D eigenvalue weighted by Gasteiger charge is -2.45. The van der Waals surface area contributed by atoms with Crippen molar-refractivity contribution in [1.29, 1.82) is 0 Å². The largest absolute Gasteiger partial charge is 0.307 e. The minimum Gasteiger partial charge on any atom is -0.307 e. The quantitative estimate of drug-likeness (QED) is 0.931. The van der Waals surface area contributed by atoms with E-state index in [0.717, 1.165) is 12.5 Å². The smallest absolute Gasteiger partial charge is 0.0758 e. The molecule has 1 aromatic heterocycles. The summed E-state index contributed by atoms with van der Waals surface area (Å²) >= 11 is 1.62. The third kappa shape index (κ3) is 2.18. The molecule has 0 aliphatic carbocycles. The molecule has 2 bridgehead atoms. The molecule has 3 nitrogen and oxygen atoms in total. The Kier molecular flexibility index (Phi) is 3.02. The lowest BCUT2D eigenvalue weighted by molar-refractivity contribution is 0.0719. The number of hydrogen-bond donors (Lipinski definition) is 1. The van der Waals surface area contributed by atoms with Gasteiger partial charge in [-0.1, -0.05) is 18.2 Å². The number of piperidine rings is 3. The monoisotopic (exact) mass is 273 g/mol. The van der Waals surface area contributed by atoms with E-state index in [1.807, 2.05) is 0 Å². The van der Waals surface area contributed by atoms with E-state index in [4.69, 9.17) is 0 Å². The highest BCUT2D eigenvalue weighted by Gasteiger charge is 2.33. The number of nitrogens with one attached hydrogen (secondary N) is 1. The van der Waals surface area contributed by atoms with Crippen LogP contribution in [0.3, 0.4) is 0 Å². The van der Waals surface area contributed by atoms with Crippen LogP contribution in [0.1, 0.15) is 18.5 Å². The van der Waals surface area contributed by atoms with Crippen LogP contribution in [0, 0.1) is 5.92 Å². The molecular weight excluding hydrogens is 254 g/mol. The van der Waals surface area contributed by atoms with Gasteiger partial charge in [0.15, 0.2) is 0 Å². The summed E-state index contributed by atoms with van der Waals surface area (Å²) in [5.74, 6) is 0.884. The van der Waals surface area contributed by atoms with Gasteiger partial charge in [0, 0.05) is 24.5 Å². The van der Waals surface area contributed by atoms with Crippen LogP contribution >= 0.6 is 11.5 Å². The van der Waals surface area contributed by atoms with Gasteiger partial charge in [0.1, 0.15) is 0 Å². The molecule has 0 spiro atoms. The van der Waals surface area contributed by atoms with Gasteiger partial charge in [-0.2, -0.15) is 4.37 Å². The zero-order valence-corrected chi connectivity index (χ0v) is 11.8. The van der Waals surface area contributed by atoms with Crippen molar-refractivity contribution >= 4 is 21.6 Å². The highest BCUT2D eigenvalue weighted by atomic mass is 32.1. The molecule has 19 heavy (non-hydrogen) atoms. The second kappa shape index (κ2) is 4.85. The molecule has 0 saturated carbocycles. The Bertz CT molecular complexity index is 572. The van der Waals surface area contributed by atoms with Crippen LogP contribution in [0.15, 0.2) is 24.3 Å². The van der Waals surface area contributed by atoms with Crippen LogP contribution in [0.2, 0.25) is 0 Å². The molecule has 0 unspecified atom stereocenters. The van der Waals surface area contributed by atoms with Crippen LogP contribution in [0.4, 0.5) is 0 Å². The predicted molar refractivity (Wildman–Crippen MR) is 79.4 cm³/mol. The highest BCUT2D eigenvalue weighted by molar-refractivity contribution is 7.13. The molecule has 1 atom stereocenters. The Hall–Kier alpha value is -0.970. The Morgan fingerprint density at radius 2 is 2.11 bits per heavy atom. The van der Waals surface area contributed by atoms with Gasteiger partial charge in [-0.25, -0.2) is 0 Å². The Morgan fingerprint density at radius 1 is 1.26 bits per heavy atom. The number of rotatable bonds is 3. The van der Waals surface area contributed by atoms with Gasteiger partial charge in [-0.05, 0) is 49.4 Å². The minimum absolute atomic E-state index is 0.669. The number of benzene rings is 1. The number of aromatic nitrogens is 1. The van der Waals surface area contributed by atoms with Crippen LogP contribution in [0.25, 0.3) is 10.1 Å². The maximum Gasteiger partial charge on any atom is 0.0758 e. The molecule has 3 fully saturated rings. The van der Waals surface area contributed by atoms with Gasteiger partial charge >= 0.3 is 0 Å². The van der Waals surface area contributed by atoms with E-state index < -0.39 is 0 Å². The highest BCUT2D eigenvalue weighted by Crippen LogP contribution is 2.28. The second-order valence-corrected chi connectivity index (χ2v) is 6.56. The molecule has 4 heterocycles. The molecule has 2 aromatic rings. The zero-order valence-electron chi connectivity index (χ0n) is 11.0. The first-order valence-corrected chi connectivity index (χ1v) is 7.96. The van der Waals surface area contributed by atoms with Crippen molar-refractivity contribution in [2.75, 3.05) is 19.6 Å². The SMILES string of the molecule is c1ccc2c(CN[C@@H]3CN4CCC3CC4)nsc2c1. The molecule has 4 heteroatoms. The maximum absolute atomic E-state index is 4.61. The minimum atomic E-state index is 0.669. The first-order chi connectivity index (χ1) is 9.40. The third-order valence-corrected chi connectivity index (χ3v) is 5.50. The first kappa shape index (κ1) is 11.8. The van der Waals surface area contributed by atoms with Crippen LogP contribution in [0.5, 0.6) is 0 Å². The molecule has 0 radical (unpaired) electrons. The number of nitrogens with zero attached hydrogens (tertiary/aromatic N) is 2. The molecule has 3 saturated heterocycles. The Balaban J connectivity index is 1.47. The normalized spacial score (nSPS) is 30.0. The fourth-order valence-corrected chi connectivity index (χ4v) is 4.28. The summed E-state index contributed by atoms with van der Waals surface area (Å²) in [6, 6.07) is 9.21. The van der Waals surface area contributed by atoms with Crippen molar-refractivity contribution in [3.8, 4) is 0 Å². The maximum atomic E-state index is 4.61. The Morgan fingerprint density at radius 3 is 2.89 bits per heavy atom. The average molecular weight is 273 g/mol. The summed E-state index contributed by atoms with van der Waals surface area (Å²) in [5, 5.41) is 5.07. The van der Waals surface area contributed by atoms with E-state index in [9.17, 15) is 0 Å². The first-order valence-electron chi connectivity index (χ1n) is 7.19. The Labute approximate surface area is 117 Å².